The van der Waals surface area contributed by atoms with Crippen LogP contribution in [0.1, 0.15) is 0 Å². The molecule has 2 fully saturated rings. The molecule has 0 aromatic carbocycles. The molecule has 5 N–H and O–H groups in total. The fourth-order valence-corrected chi connectivity index (χ4v) is 4.97. The van der Waals surface area contributed by atoms with Gasteiger partial charge in [0.1, 0.15) is 0 Å². The van der Waals surface area contributed by atoms with Gasteiger partial charge < -0.3 is 15.2 Å². The molecule has 0 aromatic heterocycles. The van der Waals surface area contributed by atoms with E-state index in [4.69, 9.17) is 15.2 Å². The molecule has 2 saturated heterocycles. The minimum Gasteiger partial charge on any atom is -0.379 e. The second-order valence-corrected chi connectivity index (χ2v) is 7.34. The first-order chi connectivity index (χ1) is 10.6. The molecule has 126 valence electrons. The SMILES string of the molecule is NC(=O)N/N=C(\NO)P(=O)(N1CCOCC1)N1CCOCC1. The van der Waals surface area contributed by atoms with Crippen LogP contribution >= 0.6 is 7.44 Å². The van der Waals surface area contributed by atoms with E-state index in [-0.39, 0.29) is 5.58 Å². The molecule has 12 heteroatoms. The summed E-state index contributed by atoms with van der Waals surface area (Å²) in [5, 5.41) is 13.0. The molecule has 0 radical (unpaired) electrons. The van der Waals surface area contributed by atoms with E-state index in [0.29, 0.717) is 52.6 Å². The molecule has 0 spiro atoms. The van der Waals surface area contributed by atoms with Crippen molar-refractivity contribution < 1.29 is 24.0 Å². The Morgan fingerprint density at radius 1 is 1.09 bits per heavy atom. The van der Waals surface area contributed by atoms with Crippen LogP contribution in [-0.4, -0.2) is 78.8 Å². The zero-order chi connectivity index (χ0) is 16.0. The van der Waals surface area contributed by atoms with Gasteiger partial charge in [-0.15, -0.1) is 5.10 Å². The third-order valence-corrected chi connectivity index (χ3v) is 6.47. The predicted octanol–water partition coefficient (Wildman–Crippen LogP) is -1.24. The summed E-state index contributed by atoms with van der Waals surface area (Å²) in [4.78, 5) is 10.8. The van der Waals surface area contributed by atoms with Gasteiger partial charge in [0, 0.05) is 26.2 Å². The average molecular weight is 336 g/mol. The Morgan fingerprint density at radius 3 is 1.91 bits per heavy atom. The van der Waals surface area contributed by atoms with Crippen molar-refractivity contribution in [3.63, 3.8) is 0 Å². The summed E-state index contributed by atoms with van der Waals surface area (Å²) in [5.74, 6) is 0. The van der Waals surface area contributed by atoms with E-state index in [1.54, 1.807) is 9.34 Å². The number of hydrogen-bond donors (Lipinski definition) is 4. The first-order valence-electron chi connectivity index (χ1n) is 6.89. The number of primary amides is 1. The molecule has 0 saturated carbocycles. The van der Waals surface area contributed by atoms with Crippen LogP contribution in [0.2, 0.25) is 0 Å². The van der Waals surface area contributed by atoms with Gasteiger partial charge in [0.15, 0.2) is 0 Å². The highest BCUT2D eigenvalue weighted by Crippen LogP contribution is 2.54. The molecule has 2 rings (SSSR count). The lowest BCUT2D eigenvalue weighted by molar-refractivity contribution is 0.0538. The number of hydrogen-bond acceptors (Lipinski definition) is 6. The second-order valence-electron chi connectivity index (χ2n) is 4.70. The Kier molecular flexibility index (Phi) is 6.12. The number of amides is 2. The molecule has 0 bridgehead atoms. The number of hydroxylamine groups is 1. The average Bonchev–Trinajstić information content (AvgIpc) is 2.56. The number of nitrogens with zero attached hydrogens (tertiary/aromatic N) is 3. The van der Waals surface area contributed by atoms with Gasteiger partial charge in [-0.1, -0.05) is 0 Å². The largest absolute Gasteiger partial charge is 0.379 e. The highest BCUT2D eigenvalue weighted by molar-refractivity contribution is 7.76. The van der Waals surface area contributed by atoms with Crippen LogP contribution in [0.15, 0.2) is 5.10 Å². The van der Waals surface area contributed by atoms with E-state index in [0.717, 1.165) is 0 Å². The van der Waals surface area contributed by atoms with E-state index >= 15 is 0 Å². The highest BCUT2D eigenvalue weighted by atomic mass is 31.2. The van der Waals surface area contributed by atoms with Crippen molar-refractivity contribution in [3.05, 3.63) is 0 Å². The van der Waals surface area contributed by atoms with E-state index in [2.05, 4.69) is 5.10 Å². The van der Waals surface area contributed by atoms with Gasteiger partial charge in [-0.3, -0.25) is 9.77 Å². The highest BCUT2D eigenvalue weighted by Gasteiger charge is 2.44. The van der Waals surface area contributed by atoms with Crippen molar-refractivity contribution in [1.29, 1.82) is 0 Å². The summed E-state index contributed by atoms with van der Waals surface area (Å²) < 4.78 is 27.6. The Bertz CT molecular complexity index is 441. The van der Waals surface area contributed by atoms with Gasteiger partial charge in [-0.05, 0) is 0 Å². The molecule has 0 atom stereocenters. The van der Waals surface area contributed by atoms with Gasteiger partial charge in [-0.25, -0.2) is 25.0 Å². The van der Waals surface area contributed by atoms with Crippen LogP contribution in [0.4, 0.5) is 4.79 Å². The van der Waals surface area contributed by atoms with Crippen molar-refractivity contribution in [2.45, 2.75) is 0 Å². The number of rotatable bonds is 4. The summed E-state index contributed by atoms with van der Waals surface area (Å²) in [6.45, 7) is 3.40. The molecule has 2 amide bonds. The molecule has 0 aromatic rings. The third-order valence-electron chi connectivity index (χ3n) is 3.39. The first-order valence-corrected chi connectivity index (χ1v) is 8.50. The topological polar surface area (TPSA) is 142 Å². The Morgan fingerprint density at radius 2 is 1.55 bits per heavy atom. The number of morpholine rings is 2. The summed E-state index contributed by atoms with van der Waals surface area (Å²) in [6.07, 6.45) is 0. The van der Waals surface area contributed by atoms with Crippen LogP contribution in [0, 0.1) is 0 Å². The number of nitrogens with one attached hydrogen (secondary N) is 2. The molecular formula is C10H21N6O5P. The van der Waals surface area contributed by atoms with Gasteiger partial charge >= 0.3 is 6.03 Å². The molecule has 2 heterocycles. The van der Waals surface area contributed by atoms with Gasteiger partial charge in [0.25, 0.3) is 7.44 Å². The lowest BCUT2D eigenvalue weighted by atomic mass is 10.5. The van der Waals surface area contributed by atoms with Crippen molar-refractivity contribution >= 4 is 19.1 Å². The van der Waals surface area contributed by atoms with Gasteiger partial charge in [-0.2, -0.15) is 0 Å². The number of amidine groups is 1. The molecule has 11 nitrogen and oxygen atoms in total. The van der Waals surface area contributed by atoms with E-state index in [9.17, 15) is 14.6 Å². The lowest BCUT2D eigenvalue weighted by Gasteiger charge is -2.41. The van der Waals surface area contributed by atoms with Crippen molar-refractivity contribution in [1.82, 2.24) is 20.2 Å². The summed E-state index contributed by atoms with van der Waals surface area (Å²) in [6, 6.07) is -0.914. The monoisotopic (exact) mass is 336 g/mol. The lowest BCUT2D eigenvalue weighted by Crippen LogP contribution is -2.47. The number of carbonyl (C=O) groups excluding carboxylic acids is 1. The normalized spacial score (nSPS) is 22.3. The quantitative estimate of drug-likeness (QED) is 0.216. The maximum atomic E-state index is 13.7. The molecule has 0 unspecified atom stereocenters. The number of nitrogens with two attached hydrogens (primary N) is 1. The van der Waals surface area contributed by atoms with Crippen molar-refractivity contribution in [3.8, 4) is 0 Å². The maximum Gasteiger partial charge on any atom is 0.332 e. The first kappa shape index (κ1) is 17.1. The maximum absolute atomic E-state index is 13.7. The van der Waals surface area contributed by atoms with Crippen molar-refractivity contribution in [2.24, 2.45) is 10.8 Å². The standard InChI is InChI=1S/C10H21N6O5P/c11-9(17)12-13-10(14-18)22(19,15-1-5-20-6-2-15)16-3-7-21-8-4-16/h18H,1-8H2,(H,13,14)(H3,11,12,17). The summed E-state index contributed by atoms with van der Waals surface area (Å²) in [5.41, 5.74) is 8.57. The van der Waals surface area contributed by atoms with Crippen LogP contribution in [0.3, 0.4) is 0 Å². The number of hydrazone groups is 1. The molecule has 2 aliphatic heterocycles. The number of urea groups is 1. The summed E-state index contributed by atoms with van der Waals surface area (Å²) in [7, 11) is -3.41. The number of carbonyl (C=O) groups is 1. The Labute approximate surface area is 127 Å². The molecular weight excluding hydrogens is 315 g/mol. The van der Waals surface area contributed by atoms with Crippen LogP contribution in [0.25, 0.3) is 0 Å². The van der Waals surface area contributed by atoms with E-state index in [1.165, 1.54) is 0 Å². The smallest absolute Gasteiger partial charge is 0.332 e. The van der Waals surface area contributed by atoms with Crippen LogP contribution in [0.5, 0.6) is 0 Å². The minimum absolute atomic E-state index is 0.241. The second kappa shape index (κ2) is 7.86. The fraction of sp³-hybridized carbons (Fsp3) is 0.800. The van der Waals surface area contributed by atoms with Crippen LogP contribution in [-0.2, 0) is 14.0 Å². The van der Waals surface area contributed by atoms with Crippen molar-refractivity contribution in [2.75, 3.05) is 52.6 Å². The summed E-state index contributed by atoms with van der Waals surface area (Å²) >= 11 is 0. The zero-order valence-electron chi connectivity index (χ0n) is 12.1. The van der Waals surface area contributed by atoms with Gasteiger partial charge in [0.2, 0.25) is 5.58 Å². The third kappa shape index (κ3) is 3.75. The molecule has 0 aliphatic carbocycles. The molecule has 2 aliphatic rings. The number of ether oxygens (including phenoxy) is 2. The van der Waals surface area contributed by atoms with Crippen LogP contribution < -0.4 is 16.6 Å². The van der Waals surface area contributed by atoms with E-state index in [1.807, 2.05) is 10.9 Å². The minimum atomic E-state index is -3.41. The van der Waals surface area contributed by atoms with E-state index < -0.39 is 13.5 Å². The predicted molar refractivity (Wildman–Crippen MR) is 77.5 cm³/mol. The molecule has 22 heavy (non-hydrogen) atoms. The van der Waals surface area contributed by atoms with Gasteiger partial charge in [0.05, 0.1) is 26.4 Å². The zero-order valence-corrected chi connectivity index (χ0v) is 13.0. The fourth-order valence-electron chi connectivity index (χ4n) is 2.36. The Balaban J connectivity index is 2.31. The Hall–Kier alpha value is -1.23.